The van der Waals surface area contributed by atoms with E-state index in [1.54, 1.807) is 0 Å². The molecule has 0 saturated heterocycles. The van der Waals surface area contributed by atoms with E-state index < -0.39 is 0 Å². The summed E-state index contributed by atoms with van der Waals surface area (Å²) < 4.78 is 0. The Morgan fingerprint density at radius 3 is 2.80 bits per heavy atom. The van der Waals surface area contributed by atoms with Crippen molar-refractivity contribution in [1.29, 1.82) is 0 Å². The van der Waals surface area contributed by atoms with Crippen LogP contribution in [-0.4, -0.2) is 10.9 Å². The van der Waals surface area contributed by atoms with Gasteiger partial charge in [0.1, 0.15) is 0 Å². The molecular formula is C17H20N2O. The average molecular weight is 268 g/mol. The highest BCUT2D eigenvalue weighted by Crippen LogP contribution is 2.22. The molecule has 3 nitrogen and oxygen atoms in total. The first-order valence-corrected chi connectivity index (χ1v) is 7.31. The molecule has 0 atom stereocenters. The molecule has 0 saturated carbocycles. The molecule has 1 aliphatic rings. The van der Waals surface area contributed by atoms with Crippen molar-refractivity contribution in [2.24, 2.45) is 0 Å². The van der Waals surface area contributed by atoms with Gasteiger partial charge >= 0.3 is 0 Å². The van der Waals surface area contributed by atoms with E-state index in [-0.39, 0.29) is 5.91 Å². The molecule has 2 N–H and O–H groups in total. The number of aromatic nitrogens is 1. The monoisotopic (exact) mass is 268 g/mol. The third kappa shape index (κ3) is 3.10. The van der Waals surface area contributed by atoms with Gasteiger partial charge in [0.25, 0.3) is 0 Å². The number of carbonyl (C=O) groups is 1. The average Bonchev–Trinajstić information content (AvgIpc) is 2.98. The number of aryl methyl sites for hydroxylation is 2. The first-order chi connectivity index (χ1) is 9.81. The molecule has 3 heteroatoms. The Balaban J connectivity index is 1.58. The Morgan fingerprint density at radius 2 is 2.00 bits per heavy atom. The van der Waals surface area contributed by atoms with Gasteiger partial charge in [-0.3, -0.25) is 4.79 Å². The highest BCUT2D eigenvalue weighted by atomic mass is 16.1. The zero-order valence-corrected chi connectivity index (χ0v) is 11.6. The van der Waals surface area contributed by atoms with Crippen LogP contribution >= 0.6 is 0 Å². The third-order valence-electron chi connectivity index (χ3n) is 3.92. The van der Waals surface area contributed by atoms with E-state index in [1.165, 1.54) is 30.4 Å². The summed E-state index contributed by atoms with van der Waals surface area (Å²) in [6, 6.07) is 10.4. The fourth-order valence-corrected chi connectivity index (χ4v) is 2.82. The van der Waals surface area contributed by atoms with Gasteiger partial charge in [-0.1, -0.05) is 18.2 Å². The predicted octanol–water partition coefficient (Wildman–Crippen LogP) is 2.75. The maximum absolute atomic E-state index is 12.0. The number of nitrogens with one attached hydrogen (secondary N) is 2. The van der Waals surface area contributed by atoms with Crippen molar-refractivity contribution in [3.8, 4) is 0 Å². The normalized spacial score (nSPS) is 13.8. The summed E-state index contributed by atoms with van der Waals surface area (Å²) in [6.07, 6.45) is 7.25. The van der Waals surface area contributed by atoms with Crippen molar-refractivity contribution in [1.82, 2.24) is 10.3 Å². The second kappa shape index (κ2) is 5.95. The predicted molar refractivity (Wildman–Crippen MR) is 79.4 cm³/mol. The summed E-state index contributed by atoms with van der Waals surface area (Å²) in [4.78, 5) is 15.0. The van der Waals surface area contributed by atoms with Crippen LogP contribution in [-0.2, 0) is 30.6 Å². The van der Waals surface area contributed by atoms with Gasteiger partial charge < -0.3 is 10.3 Å². The van der Waals surface area contributed by atoms with Gasteiger partial charge in [0.2, 0.25) is 5.91 Å². The van der Waals surface area contributed by atoms with Gasteiger partial charge in [0.15, 0.2) is 0 Å². The number of hydrogen-bond donors (Lipinski definition) is 2. The number of hydrogen-bond acceptors (Lipinski definition) is 1. The lowest BCUT2D eigenvalue weighted by Gasteiger charge is -2.16. The summed E-state index contributed by atoms with van der Waals surface area (Å²) in [5, 5.41) is 2.94. The van der Waals surface area contributed by atoms with Crippen LogP contribution in [0.4, 0.5) is 0 Å². The summed E-state index contributed by atoms with van der Waals surface area (Å²) in [5.41, 5.74) is 5.05. The largest absolute Gasteiger partial charge is 0.364 e. The first kappa shape index (κ1) is 13.0. The quantitative estimate of drug-likeness (QED) is 0.880. The second-order valence-electron chi connectivity index (χ2n) is 5.46. The van der Waals surface area contributed by atoms with E-state index in [1.807, 2.05) is 18.3 Å². The van der Waals surface area contributed by atoms with Crippen LogP contribution < -0.4 is 5.32 Å². The maximum atomic E-state index is 12.0. The van der Waals surface area contributed by atoms with Crippen molar-refractivity contribution in [2.75, 3.05) is 0 Å². The van der Waals surface area contributed by atoms with Crippen LogP contribution in [0.25, 0.3) is 0 Å². The Hall–Kier alpha value is -2.03. The van der Waals surface area contributed by atoms with Crippen molar-refractivity contribution >= 4 is 5.91 Å². The fraction of sp³-hybridized carbons (Fsp3) is 0.353. The van der Waals surface area contributed by atoms with E-state index in [0.29, 0.717) is 13.0 Å². The van der Waals surface area contributed by atoms with E-state index in [4.69, 9.17) is 0 Å². The van der Waals surface area contributed by atoms with E-state index in [2.05, 4.69) is 28.5 Å². The van der Waals surface area contributed by atoms with Gasteiger partial charge in [-0.2, -0.15) is 0 Å². The van der Waals surface area contributed by atoms with Gasteiger partial charge in [-0.15, -0.1) is 0 Å². The fourth-order valence-electron chi connectivity index (χ4n) is 2.82. The maximum Gasteiger partial charge on any atom is 0.224 e. The summed E-state index contributed by atoms with van der Waals surface area (Å²) in [7, 11) is 0. The molecule has 1 heterocycles. The van der Waals surface area contributed by atoms with E-state index in [0.717, 1.165) is 17.7 Å². The number of rotatable bonds is 4. The van der Waals surface area contributed by atoms with Gasteiger partial charge in [0, 0.05) is 11.9 Å². The van der Waals surface area contributed by atoms with Crippen molar-refractivity contribution in [3.05, 3.63) is 58.9 Å². The molecule has 1 amide bonds. The van der Waals surface area contributed by atoms with Gasteiger partial charge in [-0.25, -0.2) is 0 Å². The lowest BCUT2D eigenvalue weighted by Crippen LogP contribution is -2.24. The van der Waals surface area contributed by atoms with Crippen LogP contribution in [0.3, 0.4) is 0 Å². The number of carbonyl (C=O) groups excluding carboxylic acids is 1. The highest BCUT2D eigenvalue weighted by molar-refractivity contribution is 5.78. The molecule has 3 rings (SSSR count). The molecule has 1 aliphatic carbocycles. The molecule has 0 aliphatic heterocycles. The van der Waals surface area contributed by atoms with Crippen LogP contribution in [0.1, 0.15) is 35.2 Å². The molecule has 0 fully saturated rings. The SMILES string of the molecule is O=C(Cc1ccc2c(c1)CCCC2)NCc1ccc[nH]1. The molecule has 0 spiro atoms. The second-order valence-corrected chi connectivity index (χ2v) is 5.46. The van der Waals surface area contributed by atoms with E-state index >= 15 is 0 Å². The van der Waals surface area contributed by atoms with E-state index in [9.17, 15) is 4.79 Å². The molecule has 0 unspecified atom stereocenters. The number of benzene rings is 1. The molecule has 2 aromatic rings. The Kier molecular flexibility index (Phi) is 3.86. The molecular weight excluding hydrogens is 248 g/mol. The minimum Gasteiger partial charge on any atom is -0.364 e. The molecule has 0 radical (unpaired) electrons. The Bertz CT molecular complexity index is 587. The smallest absolute Gasteiger partial charge is 0.224 e. The topological polar surface area (TPSA) is 44.9 Å². The van der Waals surface area contributed by atoms with Crippen LogP contribution in [0, 0.1) is 0 Å². The van der Waals surface area contributed by atoms with Crippen molar-refractivity contribution in [3.63, 3.8) is 0 Å². The Labute approximate surface area is 119 Å². The number of H-pyrrole nitrogens is 1. The summed E-state index contributed by atoms with van der Waals surface area (Å²) in [5.74, 6) is 0.0790. The molecule has 1 aromatic carbocycles. The molecule has 1 aromatic heterocycles. The van der Waals surface area contributed by atoms with Crippen LogP contribution in [0.5, 0.6) is 0 Å². The molecule has 20 heavy (non-hydrogen) atoms. The molecule has 104 valence electrons. The summed E-state index contributed by atoms with van der Waals surface area (Å²) in [6.45, 7) is 0.566. The lowest BCUT2D eigenvalue weighted by molar-refractivity contribution is -0.120. The lowest BCUT2D eigenvalue weighted by atomic mass is 9.90. The van der Waals surface area contributed by atoms with Crippen LogP contribution in [0.2, 0.25) is 0 Å². The molecule has 0 bridgehead atoms. The third-order valence-corrected chi connectivity index (χ3v) is 3.92. The minimum atomic E-state index is 0.0790. The standard InChI is InChI=1S/C17H20N2O/c20-17(19-12-16-6-3-9-18-16)11-13-7-8-14-4-1-2-5-15(14)10-13/h3,6-10,18H,1-2,4-5,11-12H2,(H,19,20). The first-order valence-electron chi connectivity index (χ1n) is 7.31. The van der Waals surface area contributed by atoms with Gasteiger partial charge in [-0.05, 0) is 54.5 Å². The summed E-state index contributed by atoms with van der Waals surface area (Å²) >= 11 is 0. The number of aromatic amines is 1. The van der Waals surface area contributed by atoms with Crippen molar-refractivity contribution < 1.29 is 4.79 Å². The highest BCUT2D eigenvalue weighted by Gasteiger charge is 2.11. The number of fused-ring (bicyclic) bond motifs is 1. The zero-order valence-electron chi connectivity index (χ0n) is 11.6. The number of amides is 1. The minimum absolute atomic E-state index is 0.0790. The zero-order chi connectivity index (χ0) is 13.8. The van der Waals surface area contributed by atoms with Crippen molar-refractivity contribution in [2.45, 2.75) is 38.6 Å². The Morgan fingerprint density at radius 1 is 1.15 bits per heavy atom. The van der Waals surface area contributed by atoms with Crippen LogP contribution in [0.15, 0.2) is 36.5 Å². The van der Waals surface area contributed by atoms with Gasteiger partial charge in [0.05, 0.1) is 13.0 Å².